The van der Waals surface area contributed by atoms with Gasteiger partial charge in [0.2, 0.25) is 0 Å². The zero-order valence-corrected chi connectivity index (χ0v) is 11.4. The van der Waals surface area contributed by atoms with Gasteiger partial charge in [-0.1, -0.05) is 6.92 Å². The predicted molar refractivity (Wildman–Crippen MR) is 71.4 cm³/mol. The van der Waals surface area contributed by atoms with Crippen molar-refractivity contribution >= 4 is 0 Å². The lowest BCUT2D eigenvalue weighted by Gasteiger charge is -2.30. The van der Waals surface area contributed by atoms with E-state index in [2.05, 4.69) is 34.6 Å². The number of benzene rings is 1. The van der Waals surface area contributed by atoms with Gasteiger partial charge in [0.1, 0.15) is 0 Å². The van der Waals surface area contributed by atoms with Crippen LogP contribution in [0.4, 0.5) is 0 Å². The highest BCUT2D eigenvalue weighted by Crippen LogP contribution is 2.40. The average molecular weight is 216 g/mol. The molecule has 1 aliphatic carbocycles. The van der Waals surface area contributed by atoms with Gasteiger partial charge in [0.05, 0.1) is 0 Å². The number of hydrogen-bond donors (Lipinski definition) is 0. The van der Waals surface area contributed by atoms with Crippen LogP contribution in [0.1, 0.15) is 65.5 Å². The first-order valence-corrected chi connectivity index (χ1v) is 6.67. The molecule has 1 aliphatic rings. The van der Waals surface area contributed by atoms with Gasteiger partial charge in [0, 0.05) is 0 Å². The highest BCUT2D eigenvalue weighted by atomic mass is 14.3. The van der Waals surface area contributed by atoms with Crippen LogP contribution in [0.5, 0.6) is 0 Å². The van der Waals surface area contributed by atoms with Gasteiger partial charge in [-0.05, 0) is 92.7 Å². The summed E-state index contributed by atoms with van der Waals surface area (Å²) < 4.78 is 0. The molecule has 0 heteroatoms. The minimum atomic E-state index is 0.821. The molecule has 0 nitrogen and oxygen atoms in total. The van der Waals surface area contributed by atoms with Gasteiger partial charge in [0.15, 0.2) is 0 Å². The molecule has 0 N–H and O–H groups in total. The number of fused-ring (bicyclic) bond motifs is 1. The molecule has 1 atom stereocenters. The predicted octanol–water partition coefficient (Wildman–Crippen LogP) is 4.75. The highest BCUT2D eigenvalue weighted by Gasteiger charge is 2.24. The summed E-state index contributed by atoms with van der Waals surface area (Å²) in [5, 5.41) is 0. The fourth-order valence-corrected chi connectivity index (χ4v) is 3.37. The van der Waals surface area contributed by atoms with Crippen molar-refractivity contribution in [1.82, 2.24) is 0 Å². The second-order valence-electron chi connectivity index (χ2n) is 5.39. The first-order chi connectivity index (χ1) is 7.57. The molecule has 1 unspecified atom stereocenters. The van der Waals surface area contributed by atoms with Crippen molar-refractivity contribution in [3.63, 3.8) is 0 Å². The van der Waals surface area contributed by atoms with E-state index in [4.69, 9.17) is 0 Å². The molecule has 1 aromatic rings. The number of rotatable bonds is 1. The molecule has 0 bridgehead atoms. The summed E-state index contributed by atoms with van der Waals surface area (Å²) in [4.78, 5) is 0. The lowest BCUT2D eigenvalue weighted by molar-refractivity contribution is 0.534. The van der Waals surface area contributed by atoms with Gasteiger partial charge >= 0.3 is 0 Å². The first-order valence-electron chi connectivity index (χ1n) is 6.67. The third-order valence-electron chi connectivity index (χ3n) is 4.75. The van der Waals surface area contributed by atoms with E-state index in [1.54, 1.807) is 22.3 Å². The molecule has 0 radical (unpaired) electrons. The fourth-order valence-electron chi connectivity index (χ4n) is 3.37. The van der Waals surface area contributed by atoms with Gasteiger partial charge in [0.25, 0.3) is 0 Å². The van der Waals surface area contributed by atoms with Crippen LogP contribution in [0.25, 0.3) is 0 Å². The molecule has 88 valence electrons. The van der Waals surface area contributed by atoms with Crippen LogP contribution in [-0.4, -0.2) is 0 Å². The Morgan fingerprint density at radius 1 is 0.938 bits per heavy atom. The molecule has 0 aromatic heterocycles. The van der Waals surface area contributed by atoms with Crippen LogP contribution >= 0.6 is 0 Å². The second kappa shape index (κ2) is 4.24. The van der Waals surface area contributed by atoms with Crippen LogP contribution < -0.4 is 0 Å². The smallest absolute Gasteiger partial charge is 0.0159 e. The maximum absolute atomic E-state index is 2.34. The van der Waals surface area contributed by atoms with Crippen molar-refractivity contribution in [2.75, 3.05) is 0 Å². The maximum Gasteiger partial charge on any atom is -0.0159 e. The summed E-state index contributed by atoms with van der Waals surface area (Å²) in [6.07, 6.45) is 5.38. The van der Waals surface area contributed by atoms with Gasteiger partial charge in [-0.25, -0.2) is 0 Å². The van der Waals surface area contributed by atoms with Gasteiger partial charge in [-0.2, -0.15) is 0 Å². The maximum atomic E-state index is 2.34. The Balaban J connectivity index is 2.70. The highest BCUT2D eigenvalue weighted by molar-refractivity contribution is 5.52. The monoisotopic (exact) mass is 216 g/mol. The van der Waals surface area contributed by atoms with Gasteiger partial charge in [-0.15, -0.1) is 0 Å². The Labute approximate surface area is 100 Å². The summed E-state index contributed by atoms with van der Waals surface area (Å²) in [5.41, 5.74) is 9.57. The number of hydrogen-bond acceptors (Lipinski definition) is 0. The van der Waals surface area contributed by atoms with Gasteiger partial charge in [-0.3, -0.25) is 0 Å². The van der Waals surface area contributed by atoms with Crippen molar-refractivity contribution in [1.29, 1.82) is 0 Å². The lowest BCUT2D eigenvalue weighted by Crippen LogP contribution is -2.15. The largest absolute Gasteiger partial charge is 0.0648 e. The summed E-state index contributed by atoms with van der Waals surface area (Å²) in [7, 11) is 0. The molecular weight excluding hydrogens is 192 g/mol. The van der Waals surface area contributed by atoms with Crippen molar-refractivity contribution < 1.29 is 0 Å². The molecule has 16 heavy (non-hydrogen) atoms. The van der Waals surface area contributed by atoms with Crippen LogP contribution in [0.2, 0.25) is 0 Å². The van der Waals surface area contributed by atoms with E-state index >= 15 is 0 Å². The van der Waals surface area contributed by atoms with Crippen LogP contribution in [0.15, 0.2) is 0 Å². The van der Waals surface area contributed by atoms with E-state index in [-0.39, 0.29) is 0 Å². The van der Waals surface area contributed by atoms with Crippen LogP contribution in [0.3, 0.4) is 0 Å². The van der Waals surface area contributed by atoms with E-state index in [0.29, 0.717) is 0 Å². The van der Waals surface area contributed by atoms with E-state index in [1.165, 1.54) is 36.8 Å². The molecule has 0 heterocycles. The van der Waals surface area contributed by atoms with E-state index in [1.807, 2.05) is 0 Å². The van der Waals surface area contributed by atoms with Crippen molar-refractivity contribution in [2.24, 2.45) is 0 Å². The first kappa shape index (κ1) is 11.7. The van der Waals surface area contributed by atoms with Crippen molar-refractivity contribution in [3.8, 4) is 0 Å². The fraction of sp³-hybridized carbons (Fsp3) is 0.625. The molecule has 2 rings (SSSR count). The molecule has 0 spiro atoms. The van der Waals surface area contributed by atoms with E-state index in [9.17, 15) is 0 Å². The molecule has 0 fully saturated rings. The van der Waals surface area contributed by atoms with Gasteiger partial charge < -0.3 is 0 Å². The minimum Gasteiger partial charge on any atom is -0.0648 e. The summed E-state index contributed by atoms with van der Waals surface area (Å²) in [5.74, 6) is 0.821. The molecule has 1 aromatic carbocycles. The zero-order valence-electron chi connectivity index (χ0n) is 11.4. The van der Waals surface area contributed by atoms with Crippen LogP contribution in [0, 0.1) is 27.7 Å². The summed E-state index contributed by atoms with van der Waals surface area (Å²) in [6.45, 7) is 11.6. The molecule has 0 saturated carbocycles. The standard InChI is InChI=1S/C16H24/c1-6-14-8-7-9-15-12(4)10(2)11(3)13(5)16(14)15/h14H,6-9H2,1-5H3. The summed E-state index contributed by atoms with van der Waals surface area (Å²) >= 11 is 0. The SMILES string of the molecule is CCC1CCCc2c(C)c(C)c(C)c(C)c21. The Morgan fingerprint density at radius 3 is 2.19 bits per heavy atom. The van der Waals surface area contributed by atoms with E-state index < -0.39 is 0 Å². The van der Waals surface area contributed by atoms with E-state index in [0.717, 1.165) is 5.92 Å². The topological polar surface area (TPSA) is 0 Å². The second-order valence-corrected chi connectivity index (χ2v) is 5.39. The van der Waals surface area contributed by atoms with Crippen LogP contribution in [-0.2, 0) is 6.42 Å². The minimum absolute atomic E-state index is 0.821. The summed E-state index contributed by atoms with van der Waals surface area (Å²) in [6, 6.07) is 0. The lowest BCUT2D eigenvalue weighted by atomic mass is 9.75. The Morgan fingerprint density at radius 2 is 1.56 bits per heavy atom. The third kappa shape index (κ3) is 1.59. The van der Waals surface area contributed by atoms with Crippen molar-refractivity contribution in [3.05, 3.63) is 33.4 Å². The molecule has 0 saturated heterocycles. The molecular formula is C16H24. The molecule has 0 aliphatic heterocycles. The normalized spacial score (nSPS) is 19.7. The Hall–Kier alpha value is -0.780. The Bertz CT molecular complexity index is 413. The average Bonchev–Trinajstić information content (AvgIpc) is 2.32. The Kier molecular flexibility index (Phi) is 3.10. The quantitative estimate of drug-likeness (QED) is 0.635. The molecule has 0 amide bonds. The zero-order chi connectivity index (χ0) is 11.9. The van der Waals surface area contributed by atoms with Crippen molar-refractivity contribution in [2.45, 2.75) is 66.2 Å². The third-order valence-corrected chi connectivity index (χ3v) is 4.75.